The Morgan fingerprint density at radius 1 is 1.26 bits per heavy atom. The van der Waals surface area contributed by atoms with E-state index in [2.05, 4.69) is 10.3 Å². The minimum Gasteiger partial charge on any atom is -0.398 e. The number of nitrogens with two attached hydrogens (primary N) is 1. The molecule has 2 rings (SSSR count). The molecule has 1 amide bonds. The van der Waals surface area contributed by atoms with Gasteiger partial charge in [-0.2, -0.15) is 0 Å². The first kappa shape index (κ1) is 13.4. The second-order valence-corrected chi connectivity index (χ2v) is 4.71. The SMILES string of the molecule is Cc1ccc(NC(=O)c2ccc(Cl)cc2N)c(C)n1. The number of benzene rings is 1. The van der Waals surface area contributed by atoms with Gasteiger partial charge in [-0.1, -0.05) is 11.6 Å². The summed E-state index contributed by atoms with van der Waals surface area (Å²) >= 11 is 5.80. The van der Waals surface area contributed by atoms with Crippen molar-refractivity contribution < 1.29 is 4.79 Å². The van der Waals surface area contributed by atoms with Crippen LogP contribution in [0, 0.1) is 13.8 Å². The molecule has 0 aliphatic heterocycles. The normalized spacial score (nSPS) is 10.3. The maximum absolute atomic E-state index is 12.1. The van der Waals surface area contributed by atoms with Gasteiger partial charge in [0.15, 0.2) is 0 Å². The van der Waals surface area contributed by atoms with Crippen LogP contribution in [0.1, 0.15) is 21.7 Å². The highest BCUT2D eigenvalue weighted by molar-refractivity contribution is 6.31. The molecule has 1 aromatic heterocycles. The number of carbonyl (C=O) groups excluding carboxylic acids is 1. The predicted molar refractivity (Wildman–Crippen MR) is 77.5 cm³/mol. The van der Waals surface area contributed by atoms with Crippen molar-refractivity contribution in [1.82, 2.24) is 4.98 Å². The Morgan fingerprint density at radius 2 is 2.00 bits per heavy atom. The van der Waals surface area contributed by atoms with Crippen molar-refractivity contribution >= 4 is 28.9 Å². The molecule has 0 bridgehead atoms. The molecule has 0 saturated heterocycles. The summed E-state index contributed by atoms with van der Waals surface area (Å²) in [6.45, 7) is 3.74. The molecule has 0 radical (unpaired) electrons. The van der Waals surface area contributed by atoms with Gasteiger partial charge in [-0.15, -0.1) is 0 Å². The van der Waals surface area contributed by atoms with Gasteiger partial charge in [0.1, 0.15) is 0 Å². The van der Waals surface area contributed by atoms with Crippen LogP contribution in [0.25, 0.3) is 0 Å². The average Bonchev–Trinajstić information content (AvgIpc) is 2.32. The molecular weight excluding hydrogens is 262 g/mol. The van der Waals surface area contributed by atoms with Gasteiger partial charge in [-0.05, 0) is 44.2 Å². The molecule has 1 aromatic carbocycles. The average molecular weight is 276 g/mol. The molecule has 0 unspecified atom stereocenters. The van der Waals surface area contributed by atoms with Crippen LogP contribution < -0.4 is 11.1 Å². The zero-order chi connectivity index (χ0) is 14.0. The van der Waals surface area contributed by atoms with Gasteiger partial charge >= 0.3 is 0 Å². The van der Waals surface area contributed by atoms with Crippen LogP contribution in [0.15, 0.2) is 30.3 Å². The molecule has 3 N–H and O–H groups in total. The molecule has 0 aliphatic rings. The summed E-state index contributed by atoms with van der Waals surface area (Å²) in [5, 5.41) is 3.29. The second-order valence-electron chi connectivity index (χ2n) is 4.27. The maximum atomic E-state index is 12.1. The number of aromatic nitrogens is 1. The predicted octanol–water partition coefficient (Wildman–Crippen LogP) is 3.19. The first-order valence-corrected chi connectivity index (χ1v) is 6.16. The van der Waals surface area contributed by atoms with Crippen molar-refractivity contribution in [1.29, 1.82) is 0 Å². The fourth-order valence-corrected chi connectivity index (χ4v) is 1.93. The van der Waals surface area contributed by atoms with E-state index in [0.717, 1.165) is 11.4 Å². The number of nitrogens with zero attached hydrogens (tertiary/aromatic N) is 1. The van der Waals surface area contributed by atoms with Gasteiger partial charge in [0.25, 0.3) is 5.91 Å². The van der Waals surface area contributed by atoms with Gasteiger partial charge in [-0.3, -0.25) is 9.78 Å². The Kier molecular flexibility index (Phi) is 3.71. The van der Waals surface area contributed by atoms with E-state index in [0.29, 0.717) is 22.0 Å². The van der Waals surface area contributed by atoms with E-state index in [9.17, 15) is 4.79 Å². The highest BCUT2D eigenvalue weighted by atomic mass is 35.5. The van der Waals surface area contributed by atoms with Crippen LogP contribution in [0.5, 0.6) is 0 Å². The van der Waals surface area contributed by atoms with Gasteiger partial charge in [0.2, 0.25) is 0 Å². The third kappa shape index (κ3) is 3.03. The van der Waals surface area contributed by atoms with Gasteiger partial charge in [0.05, 0.1) is 16.9 Å². The lowest BCUT2D eigenvalue weighted by molar-refractivity contribution is 0.102. The molecular formula is C14H14ClN3O. The van der Waals surface area contributed by atoms with E-state index in [4.69, 9.17) is 17.3 Å². The summed E-state index contributed by atoms with van der Waals surface area (Å²) < 4.78 is 0. The Labute approximate surface area is 116 Å². The Hall–Kier alpha value is -2.07. The number of aryl methyl sites for hydroxylation is 2. The van der Waals surface area contributed by atoms with Crippen LogP contribution in [0.2, 0.25) is 5.02 Å². The molecule has 0 spiro atoms. The molecule has 4 nitrogen and oxygen atoms in total. The molecule has 2 aromatic rings. The zero-order valence-electron chi connectivity index (χ0n) is 10.7. The van der Waals surface area contributed by atoms with Gasteiger partial charge in [0, 0.05) is 16.4 Å². The maximum Gasteiger partial charge on any atom is 0.257 e. The number of rotatable bonds is 2. The van der Waals surface area contributed by atoms with Crippen molar-refractivity contribution in [3.05, 3.63) is 52.3 Å². The third-order valence-electron chi connectivity index (χ3n) is 2.73. The highest BCUT2D eigenvalue weighted by Crippen LogP contribution is 2.20. The number of hydrogen-bond acceptors (Lipinski definition) is 3. The van der Waals surface area contributed by atoms with Crippen LogP contribution in [-0.4, -0.2) is 10.9 Å². The van der Waals surface area contributed by atoms with E-state index in [1.165, 1.54) is 0 Å². The van der Waals surface area contributed by atoms with Crippen molar-refractivity contribution in [2.45, 2.75) is 13.8 Å². The lowest BCUT2D eigenvalue weighted by atomic mass is 10.1. The Balaban J connectivity index is 2.25. The highest BCUT2D eigenvalue weighted by Gasteiger charge is 2.11. The molecule has 98 valence electrons. The Morgan fingerprint density at radius 3 is 2.63 bits per heavy atom. The molecule has 1 heterocycles. The number of amides is 1. The van der Waals surface area contributed by atoms with E-state index in [1.807, 2.05) is 26.0 Å². The molecule has 19 heavy (non-hydrogen) atoms. The topological polar surface area (TPSA) is 68.0 Å². The number of carbonyl (C=O) groups is 1. The molecule has 0 aliphatic carbocycles. The van der Waals surface area contributed by atoms with E-state index < -0.39 is 0 Å². The summed E-state index contributed by atoms with van der Waals surface area (Å²) in [7, 11) is 0. The van der Waals surface area contributed by atoms with Gasteiger partial charge in [-0.25, -0.2) is 0 Å². The number of halogens is 1. The van der Waals surface area contributed by atoms with Crippen LogP contribution in [-0.2, 0) is 0 Å². The minimum atomic E-state index is -0.275. The summed E-state index contributed by atoms with van der Waals surface area (Å²) in [5.74, 6) is -0.275. The summed E-state index contributed by atoms with van der Waals surface area (Å²) in [6.07, 6.45) is 0. The minimum absolute atomic E-state index is 0.275. The van der Waals surface area contributed by atoms with E-state index in [-0.39, 0.29) is 5.91 Å². The third-order valence-corrected chi connectivity index (χ3v) is 2.97. The van der Waals surface area contributed by atoms with Gasteiger partial charge < -0.3 is 11.1 Å². The molecule has 0 saturated carbocycles. The smallest absolute Gasteiger partial charge is 0.257 e. The number of pyridine rings is 1. The van der Waals surface area contributed by atoms with Crippen LogP contribution >= 0.6 is 11.6 Å². The van der Waals surface area contributed by atoms with Crippen LogP contribution in [0.3, 0.4) is 0 Å². The number of nitrogen functional groups attached to an aromatic ring is 1. The largest absolute Gasteiger partial charge is 0.398 e. The first-order valence-electron chi connectivity index (χ1n) is 5.78. The van der Waals surface area contributed by atoms with Crippen molar-refractivity contribution in [2.75, 3.05) is 11.1 Å². The van der Waals surface area contributed by atoms with Crippen molar-refractivity contribution in [3.8, 4) is 0 Å². The van der Waals surface area contributed by atoms with Crippen molar-refractivity contribution in [3.63, 3.8) is 0 Å². The molecule has 5 heteroatoms. The summed E-state index contributed by atoms with van der Waals surface area (Å²) in [4.78, 5) is 16.4. The lowest BCUT2D eigenvalue weighted by Crippen LogP contribution is -2.15. The number of hydrogen-bond donors (Lipinski definition) is 2. The van der Waals surface area contributed by atoms with Crippen molar-refractivity contribution in [2.24, 2.45) is 0 Å². The summed E-state index contributed by atoms with van der Waals surface area (Å²) in [5.41, 5.74) is 8.86. The Bertz CT molecular complexity index is 641. The second kappa shape index (κ2) is 5.28. The zero-order valence-corrected chi connectivity index (χ0v) is 11.5. The monoisotopic (exact) mass is 275 g/mol. The van der Waals surface area contributed by atoms with E-state index >= 15 is 0 Å². The van der Waals surface area contributed by atoms with Crippen LogP contribution in [0.4, 0.5) is 11.4 Å². The fraction of sp³-hybridized carbons (Fsp3) is 0.143. The fourth-order valence-electron chi connectivity index (χ4n) is 1.75. The summed E-state index contributed by atoms with van der Waals surface area (Å²) in [6, 6.07) is 8.45. The first-order chi connectivity index (χ1) is 8.97. The number of nitrogens with one attached hydrogen (secondary N) is 1. The molecule has 0 atom stereocenters. The lowest BCUT2D eigenvalue weighted by Gasteiger charge is -2.10. The quantitative estimate of drug-likeness (QED) is 0.827. The van der Waals surface area contributed by atoms with E-state index in [1.54, 1.807) is 18.2 Å². The number of anilines is 2. The standard InChI is InChI=1S/C14H14ClN3O/c1-8-3-6-13(9(2)17-8)18-14(19)11-5-4-10(15)7-12(11)16/h3-7H,16H2,1-2H3,(H,18,19). The molecule has 0 fully saturated rings.